The Bertz CT molecular complexity index is 1840. The number of benzene rings is 1. The maximum atomic E-state index is 13.2. The number of anilines is 2. The van der Waals surface area contributed by atoms with Gasteiger partial charge in [-0.15, -0.1) is 5.10 Å². The van der Waals surface area contributed by atoms with Crippen molar-refractivity contribution in [3.8, 4) is 0 Å². The average Bonchev–Trinajstić information content (AvgIpc) is 3.60. The number of rotatable bonds is 6. The molecule has 0 fully saturated rings. The summed E-state index contributed by atoms with van der Waals surface area (Å²) in [7, 11) is -3.95. The first kappa shape index (κ1) is 28.0. The highest BCUT2D eigenvalue weighted by atomic mass is 32.2. The zero-order valence-electron chi connectivity index (χ0n) is 21.9. The van der Waals surface area contributed by atoms with Crippen molar-refractivity contribution in [2.45, 2.75) is 24.8 Å². The Morgan fingerprint density at radius 2 is 1.69 bits per heavy atom. The van der Waals surface area contributed by atoms with Crippen LogP contribution in [0.1, 0.15) is 37.5 Å². The summed E-state index contributed by atoms with van der Waals surface area (Å²) in [4.78, 5) is 54.5. The summed E-state index contributed by atoms with van der Waals surface area (Å²) in [5.41, 5.74) is 1.28. The van der Waals surface area contributed by atoms with Gasteiger partial charge in [0.2, 0.25) is 0 Å². The van der Waals surface area contributed by atoms with Crippen LogP contribution in [0.5, 0.6) is 0 Å². The van der Waals surface area contributed by atoms with Gasteiger partial charge < -0.3 is 25.7 Å². The molecule has 3 aromatic heterocycles. The number of carbonyl (C=O) groups excluding carboxylic acids is 2. The van der Waals surface area contributed by atoms with Crippen molar-refractivity contribution in [1.82, 2.24) is 23.6 Å². The summed E-state index contributed by atoms with van der Waals surface area (Å²) < 4.78 is 27.5. The molecule has 4 heterocycles. The minimum atomic E-state index is -3.95. The molecule has 0 radical (unpaired) electrons. The number of hydrogen-bond acceptors (Lipinski definition) is 8. The number of amides is 3. The largest absolute Gasteiger partial charge is 0.465 e. The van der Waals surface area contributed by atoms with Crippen molar-refractivity contribution >= 4 is 45.5 Å². The van der Waals surface area contributed by atoms with Gasteiger partial charge in [-0.2, -0.15) is 4.68 Å². The van der Waals surface area contributed by atoms with Crippen LogP contribution in [0, 0.1) is 6.92 Å². The molecule has 15 nitrogen and oxygen atoms in total. The molecule has 216 valence electrons. The summed E-state index contributed by atoms with van der Waals surface area (Å²) in [5, 5.41) is 27.9. The van der Waals surface area contributed by atoms with Crippen LogP contribution in [-0.2, 0) is 23.0 Å². The molecular weight excluding hydrogens is 570 g/mol. The lowest BCUT2D eigenvalue weighted by molar-refractivity contribution is 0.102. The van der Waals surface area contributed by atoms with Gasteiger partial charge in [0.1, 0.15) is 0 Å². The van der Waals surface area contributed by atoms with Gasteiger partial charge in [-0.05, 0) is 31.2 Å². The average molecular weight is 594 g/mol. The van der Waals surface area contributed by atoms with Gasteiger partial charge in [-0.1, -0.05) is 17.7 Å². The topological polar surface area (TPSA) is 206 Å². The normalized spacial score (nSPS) is 12.8. The number of nitrogens with zero attached hydrogens (tertiary/aromatic N) is 5. The van der Waals surface area contributed by atoms with E-state index in [0.29, 0.717) is 4.68 Å². The third-order valence-corrected chi connectivity index (χ3v) is 8.23. The Hall–Kier alpha value is -5.51. The fraction of sp³-hybridized carbons (Fsp3) is 0.154. The Morgan fingerprint density at radius 1 is 0.952 bits per heavy atom. The molecule has 4 aromatic rings. The summed E-state index contributed by atoms with van der Waals surface area (Å²) >= 11 is 0. The second-order valence-corrected chi connectivity index (χ2v) is 11.1. The van der Waals surface area contributed by atoms with Crippen molar-refractivity contribution in [3.05, 3.63) is 89.1 Å². The zero-order chi connectivity index (χ0) is 30.2. The van der Waals surface area contributed by atoms with E-state index in [1.807, 2.05) is 6.92 Å². The maximum absolute atomic E-state index is 13.2. The van der Waals surface area contributed by atoms with E-state index in [1.54, 1.807) is 12.1 Å². The van der Waals surface area contributed by atoms with Crippen molar-refractivity contribution < 1.29 is 37.8 Å². The first-order valence-electron chi connectivity index (χ1n) is 12.3. The van der Waals surface area contributed by atoms with Gasteiger partial charge in [0, 0.05) is 37.1 Å². The molecule has 1 aromatic carbocycles. The third kappa shape index (κ3) is 5.29. The molecule has 42 heavy (non-hydrogen) atoms. The SMILES string of the molecule is Cc1ccc(S(=O)(=O)n2ccc(C(=O)Nc3cnccc3C(=O)Nc3nn(C(=O)O)c4c3CN(C(=O)O)CC4)c2)cc1. The maximum Gasteiger partial charge on any atom is 0.432 e. The lowest BCUT2D eigenvalue weighted by Gasteiger charge is -2.24. The van der Waals surface area contributed by atoms with Gasteiger partial charge in [0.15, 0.2) is 5.82 Å². The molecule has 5 rings (SSSR count). The number of nitrogens with one attached hydrogen (secondary N) is 2. The molecular formula is C26H23N7O8S. The van der Waals surface area contributed by atoms with E-state index in [4.69, 9.17) is 0 Å². The fourth-order valence-electron chi connectivity index (χ4n) is 4.39. The Kier molecular flexibility index (Phi) is 7.22. The molecule has 1 aliphatic heterocycles. The van der Waals surface area contributed by atoms with Crippen molar-refractivity contribution in [2.75, 3.05) is 17.2 Å². The third-order valence-electron chi connectivity index (χ3n) is 6.58. The number of carboxylic acid groups (broad SMARTS) is 2. The van der Waals surface area contributed by atoms with Crippen LogP contribution in [0.3, 0.4) is 0 Å². The van der Waals surface area contributed by atoms with Crippen LogP contribution in [0.25, 0.3) is 0 Å². The molecule has 0 saturated carbocycles. The highest BCUT2D eigenvalue weighted by Crippen LogP contribution is 2.27. The zero-order valence-corrected chi connectivity index (χ0v) is 22.7. The molecule has 0 saturated heterocycles. The first-order chi connectivity index (χ1) is 20.0. The number of pyridine rings is 1. The van der Waals surface area contributed by atoms with E-state index in [2.05, 4.69) is 20.7 Å². The van der Waals surface area contributed by atoms with E-state index in [1.165, 1.54) is 42.9 Å². The van der Waals surface area contributed by atoms with E-state index in [0.717, 1.165) is 20.6 Å². The van der Waals surface area contributed by atoms with Crippen LogP contribution in [0.15, 0.2) is 66.1 Å². The van der Waals surface area contributed by atoms with Gasteiger partial charge in [0.25, 0.3) is 21.8 Å². The predicted molar refractivity (Wildman–Crippen MR) is 146 cm³/mol. The molecule has 0 unspecified atom stereocenters. The quantitative estimate of drug-likeness (QED) is 0.257. The van der Waals surface area contributed by atoms with E-state index in [9.17, 15) is 37.8 Å². The second kappa shape index (κ2) is 10.8. The van der Waals surface area contributed by atoms with Crippen LogP contribution in [-0.4, -0.2) is 72.8 Å². The predicted octanol–water partition coefficient (Wildman–Crippen LogP) is 2.69. The number of hydrogen-bond donors (Lipinski definition) is 4. The number of aromatic nitrogens is 4. The minimum Gasteiger partial charge on any atom is -0.465 e. The van der Waals surface area contributed by atoms with Gasteiger partial charge >= 0.3 is 12.2 Å². The summed E-state index contributed by atoms with van der Waals surface area (Å²) in [6, 6.07) is 8.84. The molecule has 4 N–H and O–H groups in total. The molecule has 0 aliphatic carbocycles. The molecule has 16 heteroatoms. The molecule has 1 aliphatic rings. The van der Waals surface area contributed by atoms with Crippen LogP contribution in [0.2, 0.25) is 0 Å². The summed E-state index contributed by atoms with van der Waals surface area (Å²) in [6.45, 7) is 1.70. The second-order valence-electron chi connectivity index (χ2n) is 9.30. The van der Waals surface area contributed by atoms with Gasteiger partial charge in [0.05, 0.1) is 40.1 Å². The van der Waals surface area contributed by atoms with Gasteiger partial charge in [-0.25, -0.2) is 22.0 Å². The number of fused-ring (bicyclic) bond motifs is 1. The van der Waals surface area contributed by atoms with Crippen LogP contribution >= 0.6 is 0 Å². The Labute approximate surface area is 238 Å². The van der Waals surface area contributed by atoms with E-state index < -0.39 is 34.0 Å². The lowest BCUT2D eigenvalue weighted by Crippen LogP contribution is -2.35. The van der Waals surface area contributed by atoms with Gasteiger partial charge in [-0.3, -0.25) is 14.6 Å². The molecule has 0 atom stereocenters. The standard InChI is InChI=1S/C26H23N7O8S/c1-15-2-4-17(5-3-15)42(40,41)32-11-7-16(13-32)23(34)28-20-12-27-9-6-18(20)24(35)29-22-19-14-31(25(36)37)10-8-21(19)33(30-22)26(38)39/h2-7,9,11-13H,8,10,14H2,1H3,(H,28,34)(H,36,37)(H,38,39)(H,29,30,35). The Balaban J connectivity index is 1.37. The summed E-state index contributed by atoms with van der Waals surface area (Å²) in [5.74, 6) is -1.65. The minimum absolute atomic E-state index is 0.0102. The molecule has 0 spiro atoms. The monoisotopic (exact) mass is 593 g/mol. The number of aryl methyl sites for hydroxylation is 1. The van der Waals surface area contributed by atoms with Crippen molar-refractivity contribution in [1.29, 1.82) is 0 Å². The fourth-order valence-corrected chi connectivity index (χ4v) is 5.59. The Morgan fingerprint density at radius 3 is 2.38 bits per heavy atom. The molecule has 3 amide bonds. The van der Waals surface area contributed by atoms with Crippen LogP contribution in [0.4, 0.5) is 21.1 Å². The van der Waals surface area contributed by atoms with Crippen molar-refractivity contribution in [3.63, 3.8) is 0 Å². The van der Waals surface area contributed by atoms with Crippen LogP contribution < -0.4 is 10.6 Å². The number of carbonyl (C=O) groups is 4. The summed E-state index contributed by atoms with van der Waals surface area (Å²) in [6.07, 6.45) is 2.34. The highest BCUT2D eigenvalue weighted by molar-refractivity contribution is 7.90. The smallest absolute Gasteiger partial charge is 0.432 e. The molecule has 0 bridgehead atoms. The lowest BCUT2D eigenvalue weighted by atomic mass is 10.1. The van der Waals surface area contributed by atoms with E-state index in [-0.39, 0.29) is 58.3 Å². The first-order valence-corrected chi connectivity index (χ1v) is 13.8. The highest BCUT2D eigenvalue weighted by Gasteiger charge is 2.30. The van der Waals surface area contributed by atoms with E-state index >= 15 is 0 Å². The van der Waals surface area contributed by atoms with Crippen molar-refractivity contribution in [2.24, 2.45) is 0 Å².